The van der Waals surface area contributed by atoms with E-state index >= 15 is 0 Å². The van der Waals surface area contributed by atoms with Crippen LogP contribution in [0.25, 0.3) is 0 Å². The normalized spacial score (nSPS) is 10.4. The molecule has 1 aromatic heterocycles. The highest BCUT2D eigenvalue weighted by atomic mass is 35.5. The van der Waals surface area contributed by atoms with E-state index in [0.29, 0.717) is 23.8 Å². The van der Waals surface area contributed by atoms with Crippen LogP contribution in [0.1, 0.15) is 11.5 Å². The number of nitrogens with one attached hydrogen (secondary N) is 1. The molecule has 0 saturated heterocycles. The van der Waals surface area contributed by atoms with Gasteiger partial charge in [0.1, 0.15) is 23.2 Å². The molecule has 0 bridgehead atoms. The number of hydrogen-bond donors (Lipinski definition) is 2. The second kappa shape index (κ2) is 5.73. The molecule has 2 rings (SSSR count). The minimum atomic E-state index is -0.536. The second-order valence-electron chi connectivity index (χ2n) is 3.80. The van der Waals surface area contributed by atoms with Gasteiger partial charge in [-0.25, -0.2) is 0 Å². The molecule has 1 heterocycles. The summed E-state index contributed by atoms with van der Waals surface area (Å²) in [4.78, 5) is 10.1. The summed E-state index contributed by atoms with van der Waals surface area (Å²) in [6, 6.07) is 7.81. The molecule has 0 aliphatic heterocycles. The zero-order valence-corrected chi connectivity index (χ0v) is 10.6. The Morgan fingerprint density at radius 2 is 2.05 bits per heavy atom. The van der Waals surface area contributed by atoms with Gasteiger partial charge in [-0.2, -0.15) is 0 Å². The van der Waals surface area contributed by atoms with E-state index in [-0.39, 0.29) is 17.3 Å². The fraction of sp³-hybridized carbons (Fsp3) is 0.167. The molecule has 2 aromatic rings. The minimum absolute atomic E-state index is 0.0745. The number of benzene rings is 1. The van der Waals surface area contributed by atoms with E-state index in [1.54, 1.807) is 18.2 Å². The molecule has 0 amide bonds. The average molecular weight is 283 g/mol. The maximum absolute atomic E-state index is 10.6. The molecule has 0 aliphatic rings. The second-order valence-corrected chi connectivity index (χ2v) is 4.21. The molecular weight excluding hydrogens is 272 g/mol. The standard InChI is InChI=1S/C12H11ClN2O4/c13-11-5-8(1-4-12(11)15(17)18)14-6-9-2-3-10(7-16)19-9/h1-5,14,16H,6-7H2. The van der Waals surface area contributed by atoms with Gasteiger partial charge in [-0.05, 0) is 24.3 Å². The molecule has 0 radical (unpaired) electrons. The van der Waals surface area contributed by atoms with E-state index in [2.05, 4.69) is 5.32 Å². The highest BCUT2D eigenvalue weighted by molar-refractivity contribution is 6.32. The smallest absolute Gasteiger partial charge is 0.288 e. The summed E-state index contributed by atoms with van der Waals surface area (Å²) in [6.07, 6.45) is 0. The zero-order valence-electron chi connectivity index (χ0n) is 9.80. The lowest BCUT2D eigenvalue weighted by Crippen LogP contribution is -1.98. The van der Waals surface area contributed by atoms with Crippen molar-refractivity contribution in [3.05, 3.63) is 57.0 Å². The van der Waals surface area contributed by atoms with Gasteiger partial charge in [-0.3, -0.25) is 10.1 Å². The highest BCUT2D eigenvalue weighted by Crippen LogP contribution is 2.27. The Labute approximate surface area is 113 Å². The summed E-state index contributed by atoms with van der Waals surface area (Å²) >= 11 is 5.79. The molecule has 19 heavy (non-hydrogen) atoms. The first-order chi connectivity index (χ1) is 9.10. The molecule has 0 saturated carbocycles. The third kappa shape index (κ3) is 3.24. The zero-order chi connectivity index (χ0) is 13.8. The molecule has 0 fully saturated rings. The van der Waals surface area contributed by atoms with Crippen molar-refractivity contribution in [3.63, 3.8) is 0 Å². The van der Waals surface area contributed by atoms with Crippen molar-refractivity contribution in [1.29, 1.82) is 0 Å². The molecule has 0 spiro atoms. The Bertz CT molecular complexity index is 597. The Morgan fingerprint density at radius 1 is 1.32 bits per heavy atom. The van der Waals surface area contributed by atoms with Crippen LogP contribution in [0.15, 0.2) is 34.7 Å². The lowest BCUT2D eigenvalue weighted by atomic mass is 10.3. The van der Waals surface area contributed by atoms with Crippen molar-refractivity contribution in [2.75, 3.05) is 5.32 Å². The van der Waals surface area contributed by atoms with Gasteiger partial charge in [0.2, 0.25) is 0 Å². The number of aliphatic hydroxyl groups is 1. The fourth-order valence-corrected chi connectivity index (χ4v) is 1.81. The first-order valence-corrected chi connectivity index (χ1v) is 5.84. The molecule has 0 aliphatic carbocycles. The highest BCUT2D eigenvalue weighted by Gasteiger charge is 2.12. The Hall–Kier alpha value is -2.05. The number of hydrogen-bond acceptors (Lipinski definition) is 5. The number of halogens is 1. The number of furan rings is 1. The monoisotopic (exact) mass is 282 g/mol. The molecular formula is C12H11ClN2O4. The van der Waals surface area contributed by atoms with Gasteiger partial charge >= 0.3 is 0 Å². The third-order valence-corrected chi connectivity index (χ3v) is 2.79. The summed E-state index contributed by atoms with van der Waals surface area (Å²) < 4.78 is 5.29. The summed E-state index contributed by atoms with van der Waals surface area (Å²) in [5.74, 6) is 1.14. The van der Waals surface area contributed by atoms with E-state index in [1.165, 1.54) is 12.1 Å². The van der Waals surface area contributed by atoms with Crippen molar-refractivity contribution in [2.45, 2.75) is 13.2 Å². The van der Waals surface area contributed by atoms with Crippen LogP contribution in [0.5, 0.6) is 0 Å². The molecule has 6 nitrogen and oxygen atoms in total. The predicted molar refractivity (Wildman–Crippen MR) is 70.1 cm³/mol. The van der Waals surface area contributed by atoms with Gasteiger partial charge in [-0.1, -0.05) is 11.6 Å². The van der Waals surface area contributed by atoms with Gasteiger partial charge in [0.05, 0.1) is 11.5 Å². The minimum Gasteiger partial charge on any atom is -0.462 e. The summed E-state index contributed by atoms with van der Waals surface area (Å²) in [7, 11) is 0. The van der Waals surface area contributed by atoms with Gasteiger partial charge in [0, 0.05) is 11.8 Å². The Kier molecular flexibility index (Phi) is 4.03. The van der Waals surface area contributed by atoms with Crippen LogP contribution in [-0.4, -0.2) is 10.0 Å². The maximum atomic E-state index is 10.6. The topological polar surface area (TPSA) is 88.5 Å². The summed E-state index contributed by atoms with van der Waals surface area (Å²) in [5, 5.41) is 22.6. The van der Waals surface area contributed by atoms with Gasteiger partial charge in [0.25, 0.3) is 5.69 Å². The third-order valence-electron chi connectivity index (χ3n) is 2.48. The largest absolute Gasteiger partial charge is 0.462 e. The van der Waals surface area contributed by atoms with Gasteiger partial charge < -0.3 is 14.8 Å². The van der Waals surface area contributed by atoms with E-state index in [1.807, 2.05) is 0 Å². The maximum Gasteiger partial charge on any atom is 0.288 e. The van der Waals surface area contributed by atoms with Gasteiger partial charge in [-0.15, -0.1) is 0 Å². The number of nitro benzene ring substituents is 1. The average Bonchev–Trinajstić information content (AvgIpc) is 2.84. The molecule has 2 N–H and O–H groups in total. The van der Waals surface area contributed by atoms with E-state index < -0.39 is 4.92 Å². The van der Waals surface area contributed by atoms with E-state index in [4.69, 9.17) is 21.1 Å². The van der Waals surface area contributed by atoms with E-state index in [0.717, 1.165) is 0 Å². The number of anilines is 1. The first kappa shape index (κ1) is 13.4. The number of rotatable bonds is 5. The van der Waals surface area contributed by atoms with Crippen LogP contribution >= 0.6 is 11.6 Å². The molecule has 1 aromatic carbocycles. The van der Waals surface area contributed by atoms with Crippen LogP contribution in [0.2, 0.25) is 5.02 Å². The first-order valence-electron chi connectivity index (χ1n) is 5.46. The molecule has 0 unspecified atom stereocenters. The summed E-state index contributed by atoms with van der Waals surface area (Å²) in [5.41, 5.74) is 0.519. The fourth-order valence-electron chi connectivity index (χ4n) is 1.56. The lowest BCUT2D eigenvalue weighted by Gasteiger charge is -2.05. The van der Waals surface area contributed by atoms with Crippen LogP contribution in [0, 0.1) is 10.1 Å². The number of nitro groups is 1. The lowest BCUT2D eigenvalue weighted by molar-refractivity contribution is -0.384. The van der Waals surface area contributed by atoms with Crippen LogP contribution in [0.3, 0.4) is 0 Å². The Balaban J connectivity index is 2.03. The van der Waals surface area contributed by atoms with Crippen molar-refractivity contribution < 1.29 is 14.4 Å². The van der Waals surface area contributed by atoms with Crippen molar-refractivity contribution in [3.8, 4) is 0 Å². The predicted octanol–water partition coefficient (Wildman–Crippen LogP) is 2.95. The molecule has 7 heteroatoms. The number of nitrogens with zero attached hydrogens (tertiary/aromatic N) is 1. The molecule has 0 atom stereocenters. The molecule has 100 valence electrons. The van der Waals surface area contributed by atoms with Crippen molar-refractivity contribution >= 4 is 23.0 Å². The van der Waals surface area contributed by atoms with Crippen molar-refractivity contribution in [2.24, 2.45) is 0 Å². The van der Waals surface area contributed by atoms with Crippen LogP contribution in [0.4, 0.5) is 11.4 Å². The van der Waals surface area contributed by atoms with Crippen LogP contribution in [-0.2, 0) is 13.2 Å². The Morgan fingerprint density at radius 3 is 2.63 bits per heavy atom. The van der Waals surface area contributed by atoms with E-state index in [9.17, 15) is 10.1 Å². The van der Waals surface area contributed by atoms with Crippen molar-refractivity contribution in [1.82, 2.24) is 0 Å². The van der Waals surface area contributed by atoms with Crippen LogP contribution < -0.4 is 5.32 Å². The van der Waals surface area contributed by atoms with Gasteiger partial charge in [0.15, 0.2) is 0 Å². The quantitative estimate of drug-likeness (QED) is 0.650. The SMILES string of the molecule is O=[N+]([O-])c1ccc(NCc2ccc(CO)o2)cc1Cl. The summed E-state index contributed by atoms with van der Waals surface area (Å²) in [6.45, 7) is 0.248. The number of aliphatic hydroxyl groups excluding tert-OH is 1.